The summed E-state index contributed by atoms with van der Waals surface area (Å²) in [5, 5.41) is 11.3. The summed E-state index contributed by atoms with van der Waals surface area (Å²) in [6.45, 7) is 6.34. The zero-order valence-electron chi connectivity index (χ0n) is 12.8. The molecule has 1 aromatic rings. The van der Waals surface area contributed by atoms with E-state index in [9.17, 15) is 14.9 Å². The highest BCUT2D eigenvalue weighted by molar-refractivity contribution is 5.79. The fourth-order valence-electron chi connectivity index (χ4n) is 1.61. The van der Waals surface area contributed by atoms with E-state index in [1.54, 1.807) is 32.9 Å². The summed E-state index contributed by atoms with van der Waals surface area (Å²) in [7, 11) is 0. The predicted octanol–water partition coefficient (Wildman–Crippen LogP) is 3.47. The number of rotatable bonds is 5. The lowest BCUT2D eigenvalue weighted by molar-refractivity contribution is -0.550. The molecule has 1 aromatic carbocycles. The Balaban J connectivity index is 2.84. The molecule has 5 nitrogen and oxygen atoms in total. The van der Waals surface area contributed by atoms with Crippen LogP contribution in [0.25, 0.3) is 6.08 Å². The lowest BCUT2D eigenvalue weighted by Gasteiger charge is -2.24. The van der Waals surface area contributed by atoms with Gasteiger partial charge in [0.15, 0.2) is 0 Å². The largest absolute Gasteiger partial charge is 0.455 e. The van der Waals surface area contributed by atoms with Crippen LogP contribution in [-0.4, -0.2) is 22.0 Å². The molecule has 0 unspecified atom stereocenters. The Morgan fingerprint density at radius 2 is 1.81 bits per heavy atom. The second kappa shape index (κ2) is 6.52. The van der Waals surface area contributed by atoms with E-state index in [1.807, 2.05) is 30.3 Å². The van der Waals surface area contributed by atoms with E-state index < -0.39 is 22.0 Å². The highest BCUT2D eigenvalue weighted by Crippen LogP contribution is 2.22. The number of nitro groups is 1. The van der Waals surface area contributed by atoms with Crippen LogP contribution < -0.4 is 0 Å². The van der Waals surface area contributed by atoms with Crippen molar-refractivity contribution in [3.05, 3.63) is 52.1 Å². The van der Waals surface area contributed by atoms with E-state index in [1.165, 1.54) is 6.92 Å². The second-order valence-electron chi connectivity index (χ2n) is 6.05. The lowest BCUT2D eigenvalue weighted by atomic mass is 9.97. The first-order valence-electron chi connectivity index (χ1n) is 6.75. The van der Waals surface area contributed by atoms with E-state index in [0.717, 1.165) is 5.56 Å². The monoisotopic (exact) mass is 291 g/mol. The van der Waals surface area contributed by atoms with E-state index in [4.69, 9.17) is 4.74 Å². The van der Waals surface area contributed by atoms with Crippen molar-refractivity contribution in [2.45, 2.75) is 45.3 Å². The molecule has 0 saturated heterocycles. The zero-order chi connectivity index (χ0) is 16.1. The number of carbonyl (C=O) groups excluding carboxylic acids is 1. The van der Waals surface area contributed by atoms with Crippen molar-refractivity contribution in [3.63, 3.8) is 0 Å². The molecule has 0 bridgehead atoms. The number of benzene rings is 1. The Hall–Kier alpha value is -2.17. The van der Waals surface area contributed by atoms with Gasteiger partial charge >= 0.3 is 11.5 Å². The molecule has 0 aliphatic rings. The summed E-state index contributed by atoms with van der Waals surface area (Å²) < 4.78 is 5.15. The van der Waals surface area contributed by atoms with Gasteiger partial charge in [-0.05, 0) is 26.3 Å². The fourth-order valence-corrected chi connectivity index (χ4v) is 1.61. The van der Waals surface area contributed by atoms with Crippen LogP contribution in [0.4, 0.5) is 0 Å². The lowest BCUT2D eigenvalue weighted by Crippen LogP contribution is -2.46. The van der Waals surface area contributed by atoms with Crippen molar-refractivity contribution < 1.29 is 14.5 Å². The van der Waals surface area contributed by atoms with Crippen LogP contribution in [0.5, 0.6) is 0 Å². The van der Waals surface area contributed by atoms with Crippen LogP contribution in [-0.2, 0) is 9.53 Å². The molecule has 1 atom stereocenters. The highest BCUT2D eigenvalue weighted by Gasteiger charge is 2.47. The van der Waals surface area contributed by atoms with Crippen LogP contribution in [0.1, 0.15) is 39.7 Å². The summed E-state index contributed by atoms with van der Waals surface area (Å²) in [5.41, 5.74) is -1.61. The van der Waals surface area contributed by atoms with Crippen LogP contribution in [0.2, 0.25) is 0 Å². The van der Waals surface area contributed by atoms with Gasteiger partial charge in [-0.1, -0.05) is 42.5 Å². The van der Waals surface area contributed by atoms with Crippen LogP contribution in [0.3, 0.4) is 0 Å². The molecule has 0 aliphatic carbocycles. The van der Waals surface area contributed by atoms with Crippen LogP contribution >= 0.6 is 0 Å². The normalized spacial score (nSPS) is 14.7. The summed E-state index contributed by atoms with van der Waals surface area (Å²) in [6, 6.07) is 9.40. The van der Waals surface area contributed by atoms with Crippen molar-refractivity contribution in [3.8, 4) is 0 Å². The van der Waals surface area contributed by atoms with Crippen LogP contribution in [0, 0.1) is 10.1 Å². The first kappa shape index (κ1) is 16.9. The number of carbonyl (C=O) groups is 1. The smallest absolute Gasteiger partial charge is 0.385 e. The predicted molar refractivity (Wildman–Crippen MR) is 81.3 cm³/mol. The number of ether oxygens (including phenoxy) is 1. The Labute approximate surface area is 124 Å². The topological polar surface area (TPSA) is 69.4 Å². The SMILES string of the molecule is CC(C)(C)OC(=O)[C@](C)(C/C=C/c1ccccc1)[N+](=O)[O-]. The maximum absolute atomic E-state index is 12.1. The summed E-state index contributed by atoms with van der Waals surface area (Å²) in [4.78, 5) is 22.7. The van der Waals surface area contributed by atoms with Crippen molar-refractivity contribution in [2.24, 2.45) is 0 Å². The molecule has 21 heavy (non-hydrogen) atoms. The molecule has 0 saturated carbocycles. The molecule has 0 N–H and O–H groups in total. The molecular formula is C16H21NO4. The maximum atomic E-state index is 12.1. The average molecular weight is 291 g/mol. The number of hydrogen-bond donors (Lipinski definition) is 0. The molecular weight excluding hydrogens is 270 g/mol. The Morgan fingerprint density at radius 3 is 2.29 bits per heavy atom. The summed E-state index contributed by atoms with van der Waals surface area (Å²) in [6.07, 6.45) is 3.36. The third kappa shape index (κ3) is 5.02. The van der Waals surface area contributed by atoms with E-state index in [-0.39, 0.29) is 6.42 Å². The van der Waals surface area contributed by atoms with Gasteiger partial charge in [-0.25, -0.2) is 4.79 Å². The maximum Gasteiger partial charge on any atom is 0.385 e. The molecule has 0 fully saturated rings. The third-order valence-electron chi connectivity index (χ3n) is 2.87. The molecule has 0 spiro atoms. The van der Waals surface area contributed by atoms with Gasteiger partial charge in [0.25, 0.3) is 0 Å². The Kier molecular flexibility index (Phi) is 5.24. The van der Waals surface area contributed by atoms with E-state index in [2.05, 4.69) is 0 Å². The molecule has 0 heterocycles. The van der Waals surface area contributed by atoms with E-state index in [0.29, 0.717) is 0 Å². The number of hydrogen-bond acceptors (Lipinski definition) is 4. The Bertz CT molecular complexity index is 531. The number of nitrogens with zero attached hydrogens (tertiary/aromatic N) is 1. The summed E-state index contributed by atoms with van der Waals surface area (Å²) >= 11 is 0. The second-order valence-corrected chi connectivity index (χ2v) is 6.05. The van der Waals surface area contributed by atoms with Gasteiger partial charge in [-0.2, -0.15) is 0 Å². The highest BCUT2D eigenvalue weighted by atomic mass is 16.6. The van der Waals surface area contributed by atoms with Gasteiger partial charge in [-0.3, -0.25) is 10.1 Å². The minimum absolute atomic E-state index is 0.0240. The van der Waals surface area contributed by atoms with Crippen molar-refractivity contribution in [1.29, 1.82) is 0 Å². The molecule has 1 rings (SSSR count). The standard InChI is InChI=1S/C16H21NO4/c1-15(2,3)21-14(18)16(4,17(19)20)12-8-11-13-9-6-5-7-10-13/h5-11H,12H2,1-4H3/b11-8+/t16-/m0/s1. The van der Waals surface area contributed by atoms with Crippen molar-refractivity contribution in [2.75, 3.05) is 0 Å². The molecule has 114 valence electrons. The van der Waals surface area contributed by atoms with E-state index >= 15 is 0 Å². The molecule has 0 amide bonds. The molecule has 0 radical (unpaired) electrons. The Morgan fingerprint density at radius 1 is 1.24 bits per heavy atom. The molecule has 0 aliphatic heterocycles. The summed E-state index contributed by atoms with van der Waals surface area (Å²) in [5.74, 6) is -0.822. The minimum atomic E-state index is -1.78. The quantitative estimate of drug-likeness (QED) is 0.473. The average Bonchev–Trinajstić information content (AvgIpc) is 2.37. The zero-order valence-corrected chi connectivity index (χ0v) is 12.8. The minimum Gasteiger partial charge on any atom is -0.455 e. The fraction of sp³-hybridized carbons (Fsp3) is 0.438. The van der Waals surface area contributed by atoms with Crippen LogP contribution in [0.15, 0.2) is 36.4 Å². The van der Waals surface area contributed by atoms with Gasteiger partial charge in [0, 0.05) is 18.3 Å². The van der Waals surface area contributed by atoms with Gasteiger partial charge in [0.1, 0.15) is 5.60 Å². The number of esters is 1. The van der Waals surface area contributed by atoms with Gasteiger partial charge in [-0.15, -0.1) is 0 Å². The van der Waals surface area contributed by atoms with Crippen molar-refractivity contribution >= 4 is 12.0 Å². The first-order valence-corrected chi connectivity index (χ1v) is 6.75. The van der Waals surface area contributed by atoms with Gasteiger partial charge < -0.3 is 4.74 Å². The van der Waals surface area contributed by atoms with Gasteiger partial charge in [0.05, 0.1) is 0 Å². The third-order valence-corrected chi connectivity index (χ3v) is 2.87. The first-order chi connectivity index (χ1) is 9.65. The molecule has 0 aromatic heterocycles. The van der Waals surface area contributed by atoms with Gasteiger partial charge in [0.2, 0.25) is 0 Å². The molecule has 5 heteroatoms. The van der Waals surface area contributed by atoms with Crippen molar-refractivity contribution in [1.82, 2.24) is 0 Å².